The zero-order chi connectivity index (χ0) is 14.5. The standard InChI is InChI=1S/C14H25N3O3/c15-9-11-3-1-2-4-12(11)14(20)17-7-5-16(6-8-17)10-13(18)19/h11-12H,1-10,15H2,(H,18,19). The lowest BCUT2D eigenvalue weighted by atomic mass is 9.78. The zero-order valence-electron chi connectivity index (χ0n) is 12.0. The van der Waals surface area contributed by atoms with Crippen LogP contribution in [0.25, 0.3) is 0 Å². The van der Waals surface area contributed by atoms with Crippen molar-refractivity contribution in [1.82, 2.24) is 9.80 Å². The van der Waals surface area contributed by atoms with Crippen molar-refractivity contribution in [3.05, 3.63) is 0 Å². The van der Waals surface area contributed by atoms with Gasteiger partial charge in [-0.05, 0) is 25.3 Å². The number of rotatable bonds is 4. The third kappa shape index (κ3) is 3.70. The molecule has 2 aliphatic rings. The van der Waals surface area contributed by atoms with Crippen molar-refractivity contribution in [3.8, 4) is 0 Å². The van der Waals surface area contributed by atoms with Gasteiger partial charge in [-0.2, -0.15) is 0 Å². The van der Waals surface area contributed by atoms with Crippen LogP contribution >= 0.6 is 0 Å². The minimum absolute atomic E-state index is 0.0664. The predicted octanol–water partition coefficient (Wildman–Crippen LogP) is -0.0197. The van der Waals surface area contributed by atoms with Crippen molar-refractivity contribution in [1.29, 1.82) is 0 Å². The van der Waals surface area contributed by atoms with Crippen molar-refractivity contribution < 1.29 is 14.7 Å². The molecule has 6 heteroatoms. The summed E-state index contributed by atoms with van der Waals surface area (Å²) < 4.78 is 0. The van der Waals surface area contributed by atoms with Gasteiger partial charge in [0.05, 0.1) is 6.54 Å². The lowest BCUT2D eigenvalue weighted by Gasteiger charge is -2.38. The quantitative estimate of drug-likeness (QED) is 0.757. The molecule has 1 saturated heterocycles. The first kappa shape index (κ1) is 15.3. The Morgan fingerprint density at radius 1 is 1.10 bits per heavy atom. The number of nitrogens with two attached hydrogens (primary N) is 1. The van der Waals surface area contributed by atoms with Gasteiger partial charge in [-0.25, -0.2) is 0 Å². The lowest BCUT2D eigenvalue weighted by Crippen LogP contribution is -2.52. The Morgan fingerprint density at radius 2 is 1.75 bits per heavy atom. The molecule has 0 aromatic rings. The summed E-state index contributed by atoms with van der Waals surface area (Å²) in [5.41, 5.74) is 5.79. The van der Waals surface area contributed by atoms with Crippen LogP contribution in [0.1, 0.15) is 25.7 Å². The molecule has 1 heterocycles. The normalized spacial score (nSPS) is 28.4. The highest BCUT2D eigenvalue weighted by atomic mass is 16.4. The summed E-state index contributed by atoms with van der Waals surface area (Å²) in [5.74, 6) is -0.163. The van der Waals surface area contributed by atoms with E-state index in [2.05, 4.69) is 0 Å². The maximum absolute atomic E-state index is 12.6. The van der Waals surface area contributed by atoms with Gasteiger partial charge in [-0.15, -0.1) is 0 Å². The highest BCUT2D eigenvalue weighted by molar-refractivity contribution is 5.79. The summed E-state index contributed by atoms with van der Waals surface area (Å²) in [6.45, 7) is 3.24. The van der Waals surface area contributed by atoms with Gasteiger partial charge in [0.2, 0.25) is 5.91 Å². The first-order chi connectivity index (χ1) is 9.61. The molecule has 0 aromatic heterocycles. The van der Waals surface area contributed by atoms with Gasteiger partial charge in [0, 0.05) is 32.1 Å². The molecule has 6 nitrogen and oxygen atoms in total. The van der Waals surface area contributed by atoms with E-state index in [-0.39, 0.29) is 18.4 Å². The van der Waals surface area contributed by atoms with Gasteiger partial charge in [-0.3, -0.25) is 14.5 Å². The van der Waals surface area contributed by atoms with Crippen LogP contribution in [0.2, 0.25) is 0 Å². The predicted molar refractivity (Wildman–Crippen MR) is 75.2 cm³/mol. The van der Waals surface area contributed by atoms with Gasteiger partial charge in [0.25, 0.3) is 0 Å². The molecule has 0 spiro atoms. The molecule has 0 radical (unpaired) electrons. The van der Waals surface area contributed by atoms with E-state index < -0.39 is 5.97 Å². The second kappa shape index (κ2) is 7.04. The maximum atomic E-state index is 12.6. The number of carboxylic acids is 1. The highest BCUT2D eigenvalue weighted by Gasteiger charge is 2.34. The van der Waals surface area contributed by atoms with Crippen LogP contribution in [0.15, 0.2) is 0 Å². The van der Waals surface area contributed by atoms with E-state index in [0.29, 0.717) is 38.6 Å². The van der Waals surface area contributed by atoms with E-state index in [1.807, 2.05) is 9.80 Å². The number of hydrogen-bond acceptors (Lipinski definition) is 4. The van der Waals surface area contributed by atoms with Crippen LogP contribution in [0.3, 0.4) is 0 Å². The number of aliphatic carboxylic acids is 1. The van der Waals surface area contributed by atoms with Crippen molar-refractivity contribution in [3.63, 3.8) is 0 Å². The number of carboxylic acid groups (broad SMARTS) is 1. The first-order valence-corrected chi connectivity index (χ1v) is 7.55. The molecule has 0 bridgehead atoms. The van der Waals surface area contributed by atoms with E-state index in [1.165, 1.54) is 6.42 Å². The van der Waals surface area contributed by atoms with E-state index >= 15 is 0 Å². The van der Waals surface area contributed by atoms with Crippen molar-refractivity contribution >= 4 is 11.9 Å². The summed E-state index contributed by atoms with van der Waals surface area (Å²) in [6.07, 6.45) is 4.31. The molecule has 1 aliphatic carbocycles. The molecule has 114 valence electrons. The molecular weight excluding hydrogens is 258 g/mol. The Kier molecular flexibility index (Phi) is 5.37. The van der Waals surface area contributed by atoms with Crippen LogP contribution in [-0.4, -0.2) is 66.1 Å². The van der Waals surface area contributed by atoms with Crippen molar-refractivity contribution in [2.45, 2.75) is 25.7 Å². The molecule has 2 rings (SSSR count). The number of hydrogen-bond donors (Lipinski definition) is 2. The summed E-state index contributed by atoms with van der Waals surface area (Å²) in [5, 5.41) is 8.78. The van der Waals surface area contributed by atoms with E-state index in [1.54, 1.807) is 0 Å². The van der Waals surface area contributed by atoms with E-state index in [0.717, 1.165) is 19.3 Å². The van der Waals surface area contributed by atoms with Crippen LogP contribution in [0.4, 0.5) is 0 Å². The zero-order valence-corrected chi connectivity index (χ0v) is 12.0. The number of nitrogens with zero attached hydrogens (tertiary/aromatic N) is 2. The molecule has 1 amide bonds. The van der Waals surface area contributed by atoms with Crippen molar-refractivity contribution in [2.24, 2.45) is 17.6 Å². The second-order valence-electron chi connectivity index (χ2n) is 5.88. The minimum Gasteiger partial charge on any atom is -0.480 e. The maximum Gasteiger partial charge on any atom is 0.317 e. The second-order valence-corrected chi connectivity index (χ2v) is 5.88. The number of carbonyl (C=O) groups is 2. The van der Waals surface area contributed by atoms with Gasteiger partial charge < -0.3 is 15.7 Å². The molecular formula is C14H25N3O3. The van der Waals surface area contributed by atoms with Crippen molar-refractivity contribution in [2.75, 3.05) is 39.3 Å². The molecule has 1 aliphatic heterocycles. The SMILES string of the molecule is NCC1CCCCC1C(=O)N1CCN(CC(=O)O)CC1. The average Bonchev–Trinajstić information content (AvgIpc) is 2.46. The van der Waals surface area contributed by atoms with Gasteiger partial charge in [-0.1, -0.05) is 12.8 Å². The molecule has 2 fully saturated rings. The number of carbonyl (C=O) groups excluding carboxylic acids is 1. The monoisotopic (exact) mass is 283 g/mol. The number of piperazine rings is 1. The first-order valence-electron chi connectivity index (χ1n) is 7.55. The fourth-order valence-corrected chi connectivity index (χ4v) is 3.37. The molecule has 1 saturated carbocycles. The molecule has 20 heavy (non-hydrogen) atoms. The lowest BCUT2D eigenvalue weighted by molar-refractivity contribution is -0.142. The fourth-order valence-electron chi connectivity index (χ4n) is 3.37. The summed E-state index contributed by atoms with van der Waals surface area (Å²) >= 11 is 0. The Labute approximate surface area is 119 Å². The summed E-state index contributed by atoms with van der Waals surface area (Å²) in [4.78, 5) is 27.0. The van der Waals surface area contributed by atoms with Crippen LogP contribution < -0.4 is 5.73 Å². The third-order valence-corrected chi connectivity index (χ3v) is 4.57. The Bertz CT molecular complexity index is 354. The summed E-state index contributed by atoms with van der Waals surface area (Å²) in [7, 11) is 0. The largest absolute Gasteiger partial charge is 0.480 e. The van der Waals surface area contributed by atoms with E-state index in [4.69, 9.17) is 10.8 Å². The Morgan fingerprint density at radius 3 is 2.35 bits per heavy atom. The van der Waals surface area contributed by atoms with Gasteiger partial charge in [0.1, 0.15) is 0 Å². The minimum atomic E-state index is -0.805. The van der Waals surface area contributed by atoms with Crippen LogP contribution in [0, 0.1) is 11.8 Å². The Hall–Kier alpha value is -1.14. The van der Waals surface area contributed by atoms with Crippen LogP contribution in [0.5, 0.6) is 0 Å². The topological polar surface area (TPSA) is 86.9 Å². The highest BCUT2D eigenvalue weighted by Crippen LogP contribution is 2.31. The molecule has 3 N–H and O–H groups in total. The van der Waals surface area contributed by atoms with E-state index in [9.17, 15) is 9.59 Å². The Balaban J connectivity index is 1.86. The molecule has 2 atom stereocenters. The van der Waals surface area contributed by atoms with Gasteiger partial charge in [0.15, 0.2) is 0 Å². The molecule has 0 aromatic carbocycles. The number of amides is 1. The van der Waals surface area contributed by atoms with Crippen LogP contribution in [-0.2, 0) is 9.59 Å². The summed E-state index contributed by atoms with van der Waals surface area (Å²) in [6, 6.07) is 0. The fraction of sp³-hybridized carbons (Fsp3) is 0.857. The average molecular weight is 283 g/mol. The van der Waals surface area contributed by atoms with Gasteiger partial charge >= 0.3 is 5.97 Å². The third-order valence-electron chi connectivity index (χ3n) is 4.57. The smallest absolute Gasteiger partial charge is 0.317 e. The molecule has 2 unspecified atom stereocenters.